The average Bonchev–Trinajstić information content (AvgIpc) is 2.35. The first-order chi connectivity index (χ1) is 8.24. The van der Waals surface area contributed by atoms with Gasteiger partial charge in [-0.3, -0.25) is 0 Å². The molecule has 96 valence electrons. The molecule has 0 amide bonds. The van der Waals surface area contributed by atoms with Crippen molar-refractivity contribution >= 4 is 11.8 Å². The molecule has 0 spiro atoms. The molecule has 0 heterocycles. The van der Waals surface area contributed by atoms with Crippen molar-refractivity contribution in [2.24, 2.45) is 0 Å². The van der Waals surface area contributed by atoms with Crippen molar-refractivity contribution < 1.29 is 4.74 Å². The minimum Gasteiger partial charge on any atom is -0.496 e. The lowest BCUT2D eigenvalue weighted by molar-refractivity contribution is 0.400. The van der Waals surface area contributed by atoms with E-state index in [2.05, 4.69) is 38.2 Å². The minimum absolute atomic E-state index is 0.329. The third-order valence-corrected chi connectivity index (χ3v) is 3.93. The van der Waals surface area contributed by atoms with Crippen molar-refractivity contribution in [2.45, 2.75) is 38.1 Å². The maximum atomic E-state index is 5.48. The molecule has 1 unspecified atom stereocenters. The fraction of sp³-hybridized carbons (Fsp3) is 0.571. The fourth-order valence-corrected chi connectivity index (χ4v) is 2.91. The van der Waals surface area contributed by atoms with Gasteiger partial charge in [-0.05, 0) is 37.8 Å². The number of benzene rings is 1. The monoisotopic (exact) mass is 253 g/mol. The van der Waals surface area contributed by atoms with Crippen LogP contribution in [0.2, 0.25) is 0 Å². The highest BCUT2D eigenvalue weighted by molar-refractivity contribution is 7.99. The Morgan fingerprint density at radius 3 is 2.71 bits per heavy atom. The Labute approximate surface area is 109 Å². The van der Waals surface area contributed by atoms with Gasteiger partial charge < -0.3 is 10.1 Å². The third-order valence-electron chi connectivity index (χ3n) is 2.65. The zero-order valence-corrected chi connectivity index (χ0v) is 12.1. The van der Waals surface area contributed by atoms with E-state index in [1.807, 2.05) is 17.8 Å². The molecule has 1 aromatic rings. The number of rotatable bonds is 7. The Hall–Kier alpha value is -0.670. The van der Waals surface area contributed by atoms with Crippen LogP contribution in [0.4, 0.5) is 0 Å². The Bertz CT molecular complexity index is 341. The summed E-state index contributed by atoms with van der Waals surface area (Å²) in [7, 11) is 1.74. The summed E-state index contributed by atoms with van der Waals surface area (Å²) in [6, 6.07) is 6.62. The highest BCUT2D eigenvalue weighted by Gasteiger charge is 2.15. The van der Waals surface area contributed by atoms with Crippen LogP contribution in [-0.2, 0) is 0 Å². The van der Waals surface area contributed by atoms with E-state index in [1.165, 1.54) is 16.9 Å². The summed E-state index contributed by atoms with van der Waals surface area (Å²) in [5.41, 5.74) is 1.29. The quantitative estimate of drug-likeness (QED) is 0.745. The fourth-order valence-electron chi connectivity index (χ4n) is 1.87. The van der Waals surface area contributed by atoms with E-state index in [4.69, 9.17) is 4.74 Å². The van der Waals surface area contributed by atoms with E-state index in [9.17, 15) is 0 Å². The molecule has 0 saturated carbocycles. The molecule has 0 saturated heterocycles. The van der Waals surface area contributed by atoms with Crippen molar-refractivity contribution in [3.63, 3.8) is 0 Å². The largest absolute Gasteiger partial charge is 0.496 e. The summed E-state index contributed by atoms with van der Waals surface area (Å²) in [5, 5.41) is 3.46. The molecule has 0 aromatic heterocycles. The lowest BCUT2D eigenvalue weighted by Crippen LogP contribution is -2.19. The molecule has 2 nitrogen and oxygen atoms in total. The zero-order valence-electron chi connectivity index (χ0n) is 11.2. The molecule has 3 heteroatoms. The van der Waals surface area contributed by atoms with Crippen LogP contribution in [0.25, 0.3) is 0 Å². The SMILES string of the molecule is CCCSc1cccc(OC)c1C(C)NCC. The second-order valence-corrected chi connectivity index (χ2v) is 5.14. The predicted molar refractivity (Wildman–Crippen MR) is 76.1 cm³/mol. The molecule has 0 aliphatic carbocycles. The van der Waals surface area contributed by atoms with E-state index in [-0.39, 0.29) is 0 Å². The second kappa shape index (κ2) is 7.62. The summed E-state index contributed by atoms with van der Waals surface area (Å²) in [5.74, 6) is 2.14. The predicted octanol–water partition coefficient (Wildman–Crippen LogP) is 3.87. The van der Waals surface area contributed by atoms with Crippen LogP contribution in [0.15, 0.2) is 23.1 Å². The van der Waals surface area contributed by atoms with E-state index >= 15 is 0 Å². The van der Waals surface area contributed by atoms with Gasteiger partial charge in [0.15, 0.2) is 0 Å². The van der Waals surface area contributed by atoms with Gasteiger partial charge >= 0.3 is 0 Å². The number of ether oxygens (including phenoxy) is 1. The van der Waals surface area contributed by atoms with Crippen LogP contribution >= 0.6 is 11.8 Å². The first-order valence-electron chi connectivity index (χ1n) is 6.27. The normalized spacial score (nSPS) is 12.5. The molecule has 0 radical (unpaired) electrons. The van der Waals surface area contributed by atoms with Crippen LogP contribution < -0.4 is 10.1 Å². The van der Waals surface area contributed by atoms with Gasteiger partial charge in [0.25, 0.3) is 0 Å². The molecule has 1 atom stereocenters. The highest BCUT2D eigenvalue weighted by Crippen LogP contribution is 2.34. The molecule has 0 fully saturated rings. The van der Waals surface area contributed by atoms with Gasteiger partial charge in [-0.2, -0.15) is 0 Å². The average molecular weight is 253 g/mol. The second-order valence-electron chi connectivity index (χ2n) is 4.00. The van der Waals surface area contributed by atoms with Gasteiger partial charge in [-0.25, -0.2) is 0 Å². The summed E-state index contributed by atoms with van der Waals surface area (Å²) < 4.78 is 5.48. The summed E-state index contributed by atoms with van der Waals surface area (Å²) in [6.45, 7) is 7.50. The van der Waals surface area contributed by atoms with Crippen molar-refractivity contribution in [1.29, 1.82) is 0 Å². The number of nitrogens with one attached hydrogen (secondary N) is 1. The first-order valence-corrected chi connectivity index (χ1v) is 7.26. The Morgan fingerprint density at radius 2 is 2.12 bits per heavy atom. The number of hydrogen-bond donors (Lipinski definition) is 1. The van der Waals surface area contributed by atoms with Crippen molar-refractivity contribution in [3.8, 4) is 5.75 Å². The molecule has 1 rings (SSSR count). The van der Waals surface area contributed by atoms with Gasteiger partial charge in [0.2, 0.25) is 0 Å². The van der Waals surface area contributed by atoms with Crippen LogP contribution in [0.5, 0.6) is 5.75 Å². The maximum absolute atomic E-state index is 5.48. The third kappa shape index (κ3) is 3.93. The van der Waals surface area contributed by atoms with E-state index in [0.717, 1.165) is 18.0 Å². The van der Waals surface area contributed by atoms with Crippen LogP contribution in [0, 0.1) is 0 Å². The molecule has 1 N–H and O–H groups in total. The van der Waals surface area contributed by atoms with Crippen LogP contribution in [0.3, 0.4) is 0 Å². The summed E-state index contributed by atoms with van der Waals surface area (Å²) >= 11 is 1.91. The molecule has 17 heavy (non-hydrogen) atoms. The van der Waals surface area contributed by atoms with Crippen molar-refractivity contribution in [2.75, 3.05) is 19.4 Å². The standard InChI is InChI=1S/C14H23NOS/c1-5-10-17-13-9-7-8-12(16-4)14(13)11(3)15-6-2/h7-9,11,15H,5-6,10H2,1-4H3. The summed E-state index contributed by atoms with van der Waals surface area (Å²) in [6.07, 6.45) is 1.19. The van der Waals surface area contributed by atoms with E-state index in [1.54, 1.807) is 7.11 Å². The van der Waals surface area contributed by atoms with Crippen molar-refractivity contribution in [1.82, 2.24) is 5.32 Å². The lowest BCUT2D eigenvalue weighted by Gasteiger charge is -2.20. The Morgan fingerprint density at radius 1 is 1.35 bits per heavy atom. The van der Waals surface area contributed by atoms with E-state index < -0.39 is 0 Å². The Kier molecular flexibility index (Phi) is 6.45. The molecule has 0 aliphatic rings. The number of hydrogen-bond acceptors (Lipinski definition) is 3. The molecular weight excluding hydrogens is 230 g/mol. The van der Waals surface area contributed by atoms with Gasteiger partial charge in [-0.15, -0.1) is 11.8 Å². The Balaban J connectivity index is 3.01. The maximum Gasteiger partial charge on any atom is 0.124 e. The van der Waals surface area contributed by atoms with Crippen LogP contribution in [0.1, 0.15) is 38.8 Å². The van der Waals surface area contributed by atoms with Gasteiger partial charge in [0.1, 0.15) is 5.75 Å². The van der Waals surface area contributed by atoms with Crippen molar-refractivity contribution in [3.05, 3.63) is 23.8 Å². The van der Waals surface area contributed by atoms with Crippen LogP contribution in [-0.4, -0.2) is 19.4 Å². The number of methoxy groups -OCH3 is 1. The zero-order chi connectivity index (χ0) is 12.7. The molecule has 0 bridgehead atoms. The van der Waals surface area contributed by atoms with Gasteiger partial charge in [0.05, 0.1) is 7.11 Å². The molecular formula is C14H23NOS. The van der Waals surface area contributed by atoms with Gasteiger partial charge in [-0.1, -0.05) is 19.9 Å². The van der Waals surface area contributed by atoms with E-state index in [0.29, 0.717) is 6.04 Å². The number of thioether (sulfide) groups is 1. The minimum atomic E-state index is 0.329. The smallest absolute Gasteiger partial charge is 0.124 e. The highest BCUT2D eigenvalue weighted by atomic mass is 32.2. The van der Waals surface area contributed by atoms with Gasteiger partial charge in [0, 0.05) is 16.5 Å². The molecule has 0 aliphatic heterocycles. The topological polar surface area (TPSA) is 21.3 Å². The summed E-state index contributed by atoms with van der Waals surface area (Å²) in [4.78, 5) is 1.33. The molecule has 1 aromatic carbocycles. The lowest BCUT2D eigenvalue weighted by atomic mass is 10.1. The first kappa shape index (κ1) is 14.4.